The molecule has 0 atom stereocenters. The predicted molar refractivity (Wildman–Crippen MR) is 78.1 cm³/mol. The average molecular weight is 264 g/mol. The number of hydrogen-bond donors (Lipinski definition) is 2. The first kappa shape index (κ1) is 13.1. The maximum Gasteiger partial charge on any atom is 0.0737 e. The highest BCUT2D eigenvalue weighted by Crippen LogP contribution is 2.24. The molecule has 96 valence electrons. The van der Waals surface area contributed by atoms with E-state index in [4.69, 9.17) is 17.3 Å². The van der Waals surface area contributed by atoms with Crippen molar-refractivity contribution in [3.8, 4) is 0 Å². The summed E-state index contributed by atoms with van der Waals surface area (Å²) >= 11 is 5.96. The minimum atomic E-state index is 0.718. The molecule has 18 heavy (non-hydrogen) atoms. The van der Waals surface area contributed by atoms with Crippen molar-refractivity contribution in [1.82, 2.24) is 4.98 Å². The molecule has 2 rings (SSSR count). The predicted octanol–water partition coefficient (Wildman–Crippen LogP) is 3.43. The number of pyridine rings is 1. The van der Waals surface area contributed by atoms with Crippen LogP contribution in [-0.2, 0) is 0 Å². The fourth-order valence-electron chi connectivity index (χ4n) is 1.94. The van der Waals surface area contributed by atoms with Gasteiger partial charge < -0.3 is 11.1 Å². The minimum absolute atomic E-state index is 0.718. The molecule has 0 aliphatic rings. The zero-order chi connectivity index (χ0) is 12.8. The van der Waals surface area contributed by atoms with Crippen LogP contribution in [0.1, 0.15) is 19.3 Å². The number of aromatic nitrogens is 1. The van der Waals surface area contributed by atoms with Gasteiger partial charge in [-0.3, -0.25) is 4.98 Å². The molecule has 0 spiro atoms. The van der Waals surface area contributed by atoms with Gasteiger partial charge in [0.15, 0.2) is 0 Å². The van der Waals surface area contributed by atoms with E-state index in [0.29, 0.717) is 0 Å². The summed E-state index contributed by atoms with van der Waals surface area (Å²) in [7, 11) is 0. The number of unbranched alkanes of at least 4 members (excludes halogenated alkanes) is 2. The molecule has 0 fully saturated rings. The number of hydrogen-bond acceptors (Lipinski definition) is 3. The standard InChI is InChI=1S/C14H18ClN3/c15-11-4-5-12-13(6-9-18-14(12)10-11)17-8-3-1-2-7-16/h4-6,9-10H,1-3,7-8,16H2,(H,17,18). The fraction of sp³-hybridized carbons (Fsp3) is 0.357. The lowest BCUT2D eigenvalue weighted by atomic mass is 10.2. The van der Waals surface area contributed by atoms with Crippen molar-refractivity contribution in [2.24, 2.45) is 5.73 Å². The summed E-state index contributed by atoms with van der Waals surface area (Å²) in [6.07, 6.45) is 5.20. The van der Waals surface area contributed by atoms with Crippen LogP contribution in [0.5, 0.6) is 0 Å². The van der Waals surface area contributed by atoms with E-state index in [1.165, 1.54) is 6.42 Å². The lowest BCUT2D eigenvalue weighted by Gasteiger charge is -2.09. The van der Waals surface area contributed by atoms with Crippen LogP contribution in [0.25, 0.3) is 10.9 Å². The van der Waals surface area contributed by atoms with Gasteiger partial charge >= 0.3 is 0 Å². The second-order valence-corrected chi connectivity index (χ2v) is 4.73. The molecule has 1 aromatic carbocycles. The first-order valence-corrected chi connectivity index (χ1v) is 6.67. The Kier molecular flexibility index (Phi) is 4.79. The van der Waals surface area contributed by atoms with E-state index in [1.54, 1.807) is 6.20 Å². The molecule has 3 N–H and O–H groups in total. The molecule has 0 saturated carbocycles. The first-order valence-electron chi connectivity index (χ1n) is 6.29. The lowest BCUT2D eigenvalue weighted by Crippen LogP contribution is -2.04. The summed E-state index contributed by atoms with van der Waals surface area (Å²) in [5, 5.41) is 5.27. The molecule has 3 nitrogen and oxygen atoms in total. The maximum absolute atomic E-state index is 5.96. The van der Waals surface area contributed by atoms with Gasteiger partial charge in [-0.05, 0) is 43.7 Å². The van der Waals surface area contributed by atoms with Crippen LogP contribution in [0.2, 0.25) is 5.02 Å². The third-order valence-corrected chi connectivity index (χ3v) is 3.14. The van der Waals surface area contributed by atoms with Crippen LogP contribution in [0.15, 0.2) is 30.5 Å². The summed E-state index contributed by atoms with van der Waals surface area (Å²) in [4.78, 5) is 4.32. The monoisotopic (exact) mass is 263 g/mol. The Morgan fingerprint density at radius 3 is 2.89 bits per heavy atom. The number of nitrogens with one attached hydrogen (secondary N) is 1. The van der Waals surface area contributed by atoms with E-state index in [2.05, 4.69) is 10.3 Å². The lowest BCUT2D eigenvalue weighted by molar-refractivity contribution is 0.707. The molecule has 0 bridgehead atoms. The zero-order valence-corrected chi connectivity index (χ0v) is 11.1. The van der Waals surface area contributed by atoms with Gasteiger partial charge in [0.25, 0.3) is 0 Å². The number of fused-ring (bicyclic) bond motifs is 1. The number of rotatable bonds is 6. The molecule has 0 saturated heterocycles. The molecular weight excluding hydrogens is 246 g/mol. The molecule has 1 heterocycles. The number of nitrogens with two attached hydrogens (primary N) is 1. The third-order valence-electron chi connectivity index (χ3n) is 2.90. The fourth-order valence-corrected chi connectivity index (χ4v) is 2.11. The molecule has 4 heteroatoms. The van der Waals surface area contributed by atoms with Crippen molar-refractivity contribution < 1.29 is 0 Å². The van der Waals surface area contributed by atoms with E-state index in [9.17, 15) is 0 Å². The van der Waals surface area contributed by atoms with E-state index < -0.39 is 0 Å². The second-order valence-electron chi connectivity index (χ2n) is 4.30. The Hall–Kier alpha value is -1.32. The van der Waals surface area contributed by atoms with Gasteiger partial charge in [-0.15, -0.1) is 0 Å². The highest BCUT2D eigenvalue weighted by molar-refractivity contribution is 6.31. The van der Waals surface area contributed by atoms with Crippen LogP contribution in [0.3, 0.4) is 0 Å². The molecule has 2 aromatic rings. The Bertz CT molecular complexity index is 513. The van der Waals surface area contributed by atoms with Gasteiger partial charge in [-0.2, -0.15) is 0 Å². The highest BCUT2D eigenvalue weighted by Gasteiger charge is 2.01. The number of nitrogens with zero attached hydrogens (tertiary/aromatic N) is 1. The van der Waals surface area contributed by atoms with Crippen LogP contribution in [0, 0.1) is 0 Å². The van der Waals surface area contributed by atoms with Gasteiger partial charge in [0.1, 0.15) is 0 Å². The molecule has 0 aliphatic heterocycles. The van der Waals surface area contributed by atoms with Crippen molar-refractivity contribution >= 4 is 28.2 Å². The number of halogens is 1. The van der Waals surface area contributed by atoms with Gasteiger partial charge in [0, 0.05) is 28.8 Å². The number of benzene rings is 1. The van der Waals surface area contributed by atoms with Crippen LogP contribution < -0.4 is 11.1 Å². The normalized spacial score (nSPS) is 10.8. The highest BCUT2D eigenvalue weighted by atomic mass is 35.5. The summed E-state index contributed by atoms with van der Waals surface area (Å²) < 4.78 is 0. The maximum atomic E-state index is 5.96. The summed E-state index contributed by atoms with van der Waals surface area (Å²) in [6, 6.07) is 7.79. The van der Waals surface area contributed by atoms with Gasteiger partial charge in [-0.1, -0.05) is 18.0 Å². The Labute approximate surface area is 112 Å². The third kappa shape index (κ3) is 3.34. The van der Waals surface area contributed by atoms with Crippen LogP contribution >= 0.6 is 11.6 Å². The van der Waals surface area contributed by atoms with E-state index in [0.717, 1.165) is 47.5 Å². The summed E-state index contributed by atoms with van der Waals surface area (Å²) in [5.41, 5.74) is 7.51. The van der Waals surface area contributed by atoms with Gasteiger partial charge in [-0.25, -0.2) is 0 Å². The molecule has 0 unspecified atom stereocenters. The van der Waals surface area contributed by atoms with Gasteiger partial charge in [0.2, 0.25) is 0 Å². The molecule has 0 aliphatic carbocycles. The minimum Gasteiger partial charge on any atom is -0.384 e. The topological polar surface area (TPSA) is 50.9 Å². The summed E-state index contributed by atoms with van der Waals surface area (Å²) in [5.74, 6) is 0. The van der Waals surface area contributed by atoms with Crippen molar-refractivity contribution in [3.05, 3.63) is 35.5 Å². The van der Waals surface area contributed by atoms with E-state index in [-0.39, 0.29) is 0 Å². The van der Waals surface area contributed by atoms with Crippen molar-refractivity contribution in [3.63, 3.8) is 0 Å². The molecule has 1 aromatic heterocycles. The SMILES string of the molecule is NCCCCCNc1ccnc2cc(Cl)ccc12. The molecule has 0 radical (unpaired) electrons. The average Bonchev–Trinajstić information content (AvgIpc) is 2.38. The Balaban J connectivity index is 2.04. The molecular formula is C14H18ClN3. The Morgan fingerprint density at radius 2 is 2.06 bits per heavy atom. The van der Waals surface area contributed by atoms with Crippen molar-refractivity contribution in [1.29, 1.82) is 0 Å². The zero-order valence-electron chi connectivity index (χ0n) is 10.3. The van der Waals surface area contributed by atoms with Gasteiger partial charge in [0.05, 0.1) is 5.52 Å². The first-order chi connectivity index (χ1) is 8.81. The quantitative estimate of drug-likeness (QED) is 0.785. The largest absolute Gasteiger partial charge is 0.384 e. The Morgan fingerprint density at radius 1 is 1.17 bits per heavy atom. The van der Waals surface area contributed by atoms with Crippen LogP contribution in [-0.4, -0.2) is 18.1 Å². The van der Waals surface area contributed by atoms with Crippen molar-refractivity contribution in [2.75, 3.05) is 18.4 Å². The van der Waals surface area contributed by atoms with Crippen molar-refractivity contribution in [2.45, 2.75) is 19.3 Å². The number of anilines is 1. The van der Waals surface area contributed by atoms with E-state index >= 15 is 0 Å². The van der Waals surface area contributed by atoms with E-state index in [1.807, 2.05) is 24.3 Å². The molecule has 0 amide bonds. The van der Waals surface area contributed by atoms with Crippen LogP contribution in [0.4, 0.5) is 5.69 Å². The smallest absolute Gasteiger partial charge is 0.0737 e. The summed E-state index contributed by atoms with van der Waals surface area (Å²) in [6.45, 7) is 1.73. The second kappa shape index (κ2) is 6.57.